The highest BCUT2D eigenvalue weighted by Gasteiger charge is 2.68. The number of rotatable bonds is 1. The number of hydrogen-bond acceptors (Lipinski definition) is 4. The van der Waals surface area contributed by atoms with Crippen LogP contribution in [0.25, 0.3) is 11.0 Å². The summed E-state index contributed by atoms with van der Waals surface area (Å²) in [5.41, 5.74) is 2.49. The van der Waals surface area contributed by atoms with Gasteiger partial charge in [0.25, 0.3) is 0 Å². The minimum atomic E-state index is -0.601. The van der Waals surface area contributed by atoms with Crippen molar-refractivity contribution in [1.82, 2.24) is 19.8 Å². The number of carbonyl (C=O) groups is 1. The first-order chi connectivity index (χ1) is 13.3. The molecule has 1 aliphatic heterocycles. The summed E-state index contributed by atoms with van der Waals surface area (Å²) in [7, 11) is 2.10. The quantitative estimate of drug-likeness (QED) is 0.705. The average Bonchev–Trinajstić information content (AvgIpc) is 3.03. The van der Waals surface area contributed by atoms with Gasteiger partial charge >= 0.3 is 0 Å². The highest BCUT2D eigenvalue weighted by atomic mass is 35.5. The number of amides is 1. The van der Waals surface area contributed by atoms with Crippen LogP contribution in [0.3, 0.4) is 0 Å². The standard InChI is InChI=1S/C21H24Cl2N4O/c1-20(2)12-4-5-21(20,19(28)27-8-6-26(3)7-9-27)18-17(12)24-15-10-13(22)14(23)11-16(15)25-18/h10-12H,4-9H2,1-3H3. The highest BCUT2D eigenvalue weighted by molar-refractivity contribution is 6.42. The monoisotopic (exact) mass is 418 g/mol. The van der Waals surface area contributed by atoms with Crippen molar-refractivity contribution in [3.8, 4) is 0 Å². The molecule has 1 aromatic heterocycles. The van der Waals surface area contributed by atoms with Crippen LogP contribution in [-0.4, -0.2) is 58.9 Å². The third kappa shape index (κ3) is 2.27. The lowest BCUT2D eigenvalue weighted by Crippen LogP contribution is -2.56. The van der Waals surface area contributed by atoms with Crippen molar-refractivity contribution in [1.29, 1.82) is 0 Å². The zero-order valence-corrected chi connectivity index (χ0v) is 17.9. The lowest BCUT2D eigenvalue weighted by atomic mass is 9.67. The maximum absolute atomic E-state index is 13.9. The Morgan fingerprint density at radius 1 is 1.07 bits per heavy atom. The normalized spacial score (nSPS) is 28.8. The molecule has 7 heteroatoms. The maximum atomic E-state index is 13.9. The van der Waals surface area contributed by atoms with Crippen LogP contribution in [0.1, 0.15) is 44.0 Å². The smallest absolute Gasteiger partial charge is 0.235 e. The summed E-state index contributed by atoms with van der Waals surface area (Å²) in [4.78, 5) is 28.1. The van der Waals surface area contributed by atoms with Crippen molar-refractivity contribution in [2.45, 2.75) is 38.0 Å². The van der Waals surface area contributed by atoms with Crippen LogP contribution in [0.5, 0.6) is 0 Å². The van der Waals surface area contributed by atoms with Crippen LogP contribution < -0.4 is 0 Å². The number of aromatic nitrogens is 2. The van der Waals surface area contributed by atoms with E-state index in [1.165, 1.54) is 0 Å². The van der Waals surface area contributed by atoms with Crippen LogP contribution in [0.2, 0.25) is 10.0 Å². The van der Waals surface area contributed by atoms with Gasteiger partial charge in [-0.05, 0) is 37.4 Å². The van der Waals surface area contributed by atoms with E-state index in [0.29, 0.717) is 15.6 Å². The van der Waals surface area contributed by atoms with E-state index in [9.17, 15) is 4.79 Å². The summed E-state index contributed by atoms with van der Waals surface area (Å²) in [5, 5.41) is 0.944. The Kier molecular flexibility index (Phi) is 4.01. The molecule has 1 aromatic carbocycles. The van der Waals surface area contributed by atoms with E-state index in [0.717, 1.165) is 55.9 Å². The van der Waals surface area contributed by atoms with Crippen LogP contribution in [0.15, 0.2) is 12.1 Å². The number of benzene rings is 1. The van der Waals surface area contributed by atoms with Crippen molar-refractivity contribution in [2.24, 2.45) is 5.41 Å². The van der Waals surface area contributed by atoms with E-state index >= 15 is 0 Å². The molecule has 1 saturated carbocycles. The van der Waals surface area contributed by atoms with Crippen molar-refractivity contribution in [3.05, 3.63) is 33.6 Å². The summed E-state index contributed by atoms with van der Waals surface area (Å²) < 4.78 is 0. The van der Waals surface area contributed by atoms with E-state index < -0.39 is 5.41 Å². The molecule has 2 atom stereocenters. The molecule has 2 unspecified atom stereocenters. The Morgan fingerprint density at radius 2 is 1.68 bits per heavy atom. The van der Waals surface area contributed by atoms with E-state index in [-0.39, 0.29) is 17.2 Å². The molecule has 2 bridgehead atoms. The van der Waals surface area contributed by atoms with Gasteiger partial charge in [-0.25, -0.2) is 9.97 Å². The van der Waals surface area contributed by atoms with Gasteiger partial charge in [0.2, 0.25) is 5.91 Å². The Hall–Kier alpha value is -1.43. The van der Waals surface area contributed by atoms with E-state index in [1.54, 1.807) is 12.1 Å². The first kappa shape index (κ1) is 18.6. The molecule has 2 aromatic rings. The van der Waals surface area contributed by atoms with Gasteiger partial charge in [0.1, 0.15) is 0 Å². The van der Waals surface area contributed by atoms with Gasteiger partial charge in [-0.3, -0.25) is 4.79 Å². The Balaban J connectivity index is 1.67. The fourth-order valence-electron chi connectivity index (χ4n) is 5.63. The number of likely N-dealkylation sites (N-methyl/N-ethyl adjacent to an activating group) is 1. The van der Waals surface area contributed by atoms with E-state index in [1.807, 2.05) is 4.90 Å². The lowest BCUT2D eigenvalue weighted by molar-refractivity contribution is -0.142. The second-order valence-corrected chi connectivity index (χ2v) is 9.84. The molecule has 5 nitrogen and oxygen atoms in total. The first-order valence-corrected chi connectivity index (χ1v) is 10.7. The second kappa shape index (κ2) is 6.04. The predicted molar refractivity (Wildman–Crippen MR) is 111 cm³/mol. The van der Waals surface area contributed by atoms with Gasteiger partial charge < -0.3 is 9.80 Å². The topological polar surface area (TPSA) is 49.3 Å². The summed E-state index contributed by atoms with van der Waals surface area (Å²) >= 11 is 12.4. The second-order valence-electron chi connectivity index (χ2n) is 9.03. The number of halogens is 2. The summed E-state index contributed by atoms with van der Waals surface area (Å²) in [6.07, 6.45) is 1.81. The molecule has 1 amide bonds. The van der Waals surface area contributed by atoms with Crippen molar-refractivity contribution in [3.63, 3.8) is 0 Å². The zero-order valence-electron chi connectivity index (χ0n) is 16.4. The molecule has 0 N–H and O–H groups in total. The van der Waals surface area contributed by atoms with E-state index in [4.69, 9.17) is 33.2 Å². The fourth-order valence-corrected chi connectivity index (χ4v) is 5.94. The largest absolute Gasteiger partial charge is 0.339 e. The Bertz CT molecular complexity index is 1000. The van der Waals surface area contributed by atoms with Gasteiger partial charge in [-0.2, -0.15) is 0 Å². The number of hydrogen-bond donors (Lipinski definition) is 0. The third-order valence-electron chi connectivity index (χ3n) is 7.40. The average molecular weight is 419 g/mol. The van der Waals surface area contributed by atoms with Gasteiger partial charge in [-0.1, -0.05) is 37.0 Å². The van der Waals surface area contributed by atoms with Crippen molar-refractivity contribution >= 4 is 40.1 Å². The number of piperazine rings is 1. The number of nitrogens with zero attached hydrogens (tertiary/aromatic N) is 4. The lowest BCUT2D eigenvalue weighted by Gasteiger charge is -2.42. The molecule has 0 radical (unpaired) electrons. The SMILES string of the molecule is CN1CCN(C(=O)C23CCC(c4nc5cc(Cl)c(Cl)cc5nc42)C3(C)C)CC1. The van der Waals surface area contributed by atoms with Crippen LogP contribution in [0.4, 0.5) is 0 Å². The molecular weight excluding hydrogens is 395 g/mol. The summed E-state index contributed by atoms with van der Waals surface area (Å²) in [6.45, 7) is 7.80. The highest BCUT2D eigenvalue weighted by Crippen LogP contribution is 2.67. The van der Waals surface area contributed by atoms with Crippen LogP contribution in [-0.2, 0) is 10.2 Å². The molecule has 3 aliphatic rings. The minimum absolute atomic E-state index is 0.208. The minimum Gasteiger partial charge on any atom is -0.339 e. The zero-order chi connectivity index (χ0) is 19.8. The Labute approximate surface area is 175 Å². The van der Waals surface area contributed by atoms with Gasteiger partial charge in [0.05, 0.1) is 37.9 Å². The van der Waals surface area contributed by atoms with Crippen LogP contribution >= 0.6 is 23.2 Å². The molecule has 5 rings (SSSR count). The third-order valence-corrected chi connectivity index (χ3v) is 8.12. The molecule has 2 aliphatic carbocycles. The fraction of sp³-hybridized carbons (Fsp3) is 0.571. The van der Waals surface area contributed by atoms with Gasteiger partial charge in [0, 0.05) is 32.1 Å². The summed E-state index contributed by atoms with van der Waals surface area (Å²) in [6, 6.07) is 3.54. The van der Waals surface area contributed by atoms with Gasteiger partial charge in [0.15, 0.2) is 0 Å². The molecule has 0 spiro atoms. The van der Waals surface area contributed by atoms with Crippen molar-refractivity contribution in [2.75, 3.05) is 33.2 Å². The predicted octanol–water partition coefficient (Wildman–Crippen LogP) is 3.87. The Morgan fingerprint density at radius 3 is 2.32 bits per heavy atom. The van der Waals surface area contributed by atoms with Crippen LogP contribution in [0, 0.1) is 5.41 Å². The summed E-state index contributed by atoms with van der Waals surface area (Å²) in [5.74, 6) is 0.464. The number of carbonyl (C=O) groups excluding carboxylic acids is 1. The number of fused-ring (bicyclic) bond motifs is 6. The van der Waals surface area contributed by atoms with Crippen molar-refractivity contribution < 1.29 is 4.79 Å². The molecule has 2 fully saturated rings. The molecular formula is C21H24Cl2N4O. The molecule has 1 saturated heterocycles. The first-order valence-electron chi connectivity index (χ1n) is 9.91. The maximum Gasteiger partial charge on any atom is 0.235 e. The van der Waals surface area contributed by atoms with E-state index in [2.05, 4.69) is 25.8 Å². The molecule has 28 heavy (non-hydrogen) atoms. The van der Waals surface area contributed by atoms with Gasteiger partial charge in [-0.15, -0.1) is 0 Å². The molecule has 148 valence electrons. The molecule has 2 heterocycles.